The van der Waals surface area contributed by atoms with Crippen LogP contribution in [0.15, 0.2) is 30.6 Å². The van der Waals surface area contributed by atoms with Gasteiger partial charge in [0.2, 0.25) is 0 Å². The zero-order chi connectivity index (χ0) is 18.6. The first-order chi connectivity index (χ1) is 13.3. The van der Waals surface area contributed by atoms with E-state index in [0.717, 1.165) is 48.2 Å². The number of aryl methyl sites for hydroxylation is 1. The molecule has 3 heterocycles. The maximum atomic E-state index is 5.47. The molecule has 2 aromatic heterocycles. The molecule has 0 amide bonds. The highest BCUT2D eigenvalue weighted by Crippen LogP contribution is 2.28. The molecule has 142 valence electrons. The van der Waals surface area contributed by atoms with E-state index in [4.69, 9.17) is 19.6 Å². The lowest BCUT2D eigenvalue weighted by molar-refractivity contribution is 0.181. The van der Waals surface area contributed by atoms with Crippen molar-refractivity contribution in [3.63, 3.8) is 0 Å². The maximum absolute atomic E-state index is 5.47. The average molecular weight is 368 g/mol. The second-order valence-electron chi connectivity index (χ2n) is 6.68. The minimum absolute atomic E-state index is 0.289. The monoisotopic (exact) mass is 368 g/mol. The first-order valence-corrected chi connectivity index (χ1v) is 9.19. The second kappa shape index (κ2) is 7.87. The highest BCUT2D eigenvalue weighted by atomic mass is 16.5. The van der Waals surface area contributed by atoms with E-state index in [1.54, 1.807) is 20.5 Å². The van der Waals surface area contributed by atoms with Crippen LogP contribution in [0.1, 0.15) is 35.4 Å². The summed E-state index contributed by atoms with van der Waals surface area (Å²) in [7, 11) is 3.39. The summed E-state index contributed by atoms with van der Waals surface area (Å²) >= 11 is 0. The average Bonchev–Trinajstić information content (AvgIpc) is 3.32. The number of para-hydroxylation sites is 1. The van der Waals surface area contributed by atoms with Gasteiger partial charge in [0.15, 0.2) is 5.82 Å². The normalized spacial score (nSPS) is 16.3. The second-order valence-corrected chi connectivity index (χ2v) is 6.68. The Balaban J connectivity index is 1.61. The molecule has 8 nitrogen and oxygen atoms in total. The molecule has 1 unspecified atom stereocenters. The van der Waals surface area contributed by atoms with E-state index in [0.29, 0.717) is 19.6 Å². The number of fused-ring (bicyclic) bond motifs is 1. The number of benzene rings is 1. The van der Waals surface area contributed by atoms with Gasteiger partial charge in [-0.2, -0.15) is 10.2 Å². The molecule has 0 saturated heterocycles. The molecule has 3 aromatic rings. The van der Waals surface area contributed by atoms with Crippen LogP contribution in [0.25, 0.3) is 0 Å². The molecular formula is C19H24N6O2. The number of ether oxygens (including phenoxy) is 2. The fraction of sp³-hybridized carbons (Fsp3) is 0.474. The van der Waals surface area contributed by atoms with Crippen LogP contribution >= 0.6 is 0 Å². The van der Waals surface area contributed by atoms with Gasteiger partial charge in [-0.3, -0.25) is 4.68 Å². The molecule has 0 spiro atoms. The van der Waals surface area contributed by atoms with E-state index in [1.165, 1.54) is 0 Å². The van der Waals surface area contributed by atoms with E-state index in [-0.39, 0.29) is 5.92 Å². The molecule has 4 rings (SSSR count). The Kier molecular flexibility index (Phi) is 5.15. The molecule has 0 saturated carbocycles. The Morgan fingerprint density at radius 1 is 1.22 bits per heavy atom. The summed E-state index contributed by atoms with van der Waals surface area (Å²) in [5.74, 6) is 3.97. The van der Waals surface area contributed by atoms with Crippen molar-refractivity contribution in [1.82, 2.24) is 29.5 Å². The van der Waals surface area contributed by atoms with Gasteiger partial charge in [0.05, 0.1) is 20.3 Å². The maximum Gasteiger partial charge on any atom is 0.155 e. The van der Waals surface area contributed by atoms with Crippen LogP contribution in [-0.2, 0) is 30.7 Å². The summed E-state index contributed by atoms with van der Waals surface area (Å²) in [5, 5.41) is 9.03. The van der Waals surface area contributed by atoms with E-state index >= 15 is 0 Å². The summed E-state index contributed by atoms with van der Waals surface area (Å²) in [5.41, 5.74) is 1.08. The van der Waals surface area contributed by atoms with Crippen LogP contribution in [0.3, 0.4) is 0 Å². The van der Waals surface area contributed by atoms with Gasteiger partial charge in [-0.15, -0.1) is 0 Å². The van der Waals surface area contributed by atoms with Crippen molar-refractivity contribution in [2.45, 2.75) is 38.3 Å². The predicted molar refractivity (Wildman–Crippen MR) is 98.8 cm³/mol. The van der Waals surface area contributed by atoms with Crippen LogP contribution < -0.4 is 4.74 Å². The molecule has 1 atom stereocenters. The van der Waals surface area contributed by atoms with Crippen molar-refractivity contribution < 1.29 is 9.47 Å². The molecule has 0 bridgehead atoms. The Labute approximate surface area is 158 Å². The molecule has 1 aliphatic rings. The van der Waals surface area contributed by atoms with E-state index in [9.17, 15) is 0 Å². The van der Waals surface area contributed by atoms with Crippen LogP contribution in [0, 0.1) is 0 Å². The summed E-state index contributed by atoms with van der Waals surface area (Å²) in [6, 6.07) is 7.99. The highest BCUT2D eigenvalue weighted by molar-refractivity contribution is 5.35. The fourth-order valence-corrected chi connectivity index (χ4v) is 3.60. The van der Waals surface area contributed by atoms with E-state index in [2.05, 4.69) is 16.1 Å². The first kappa shape index (κ1) is 17.7. The Morgan fingerprint density at radius 2 is 2.11 bits per heavy atom. The molecule has 27 heavy (non-hydrogen) atoms. The molecule has 1 aliphatic heterocycles. The minimum Gasteiger partial charge on any atom is -0.496 e. The van der Waals surface area contributed by atoms with Crippen molar-refractivity contribution in [3.05, 3.63) is 53.6 Å². The quantitative estimate of drug-likeness (QED) is 0.633. The fourth-order valence-electron chi connectivity index (χ4n) is 3.60. The van der Waals surface area contributed by atoms with Crippen LogP contribution in [0.4, 0.5) is 0 Å². The summed E-state index contributed by atoms with van der Waals surface area (Å²) in [6.45, 7) is 2.15. The lowest BCUT2D eigenvalue weighted by atomic mass is 9.97. The number of nitrogens with zero attached hydrogens (tertiary/aromatic N) is 6. The third-order valence-corrected chi connectivity index (χ3v) is 4.97. The third kappa shape index (κ3) is 3.71. The number of hydrogen-bond donors (Lipinski definition) is 0. The largest absolute Gasteiger partial charge is 0.496 e. The molecule has 8 heteroatoms. The van der Waals surface area contributed by atoms with Crippen molar-refractivity contribution in [2.75, 3.05) is 20.8 Å². The predicted octanol–water partition coefficient (Wildman–Crippen LogP) is 1.85. The van der Waals surface area contributed by atoms with Gasteiger partial charge in [-0.1, -0.05) is 18.2 Å². The van der Waals surface area contributed by atoms with Crippen molar-refractivity contribution in [2.24, 2.45) is 0 Å². The smallest absolute Gasteiger partial charge is 0.155 e. The van der Waals surface area contributed by atoms with Gasteiger partial charge in [0.1, 0.15) is 23.7 Å². The van der Waals surface area contributed by atoms with Gasteiger partial charge in [0, 0.05) is 38.0 Å². The van der Waals surface area contributed by atoms with Gasteiger partial charge in [-0.25, -0.2) is 14.6 Å². The van der Waals surface area contributed by atoms with Gasteiger partial charge < -0.3 is 9.47 Å². The third-order valence-electron chi connectivity index (χ3n) is 4.97. The standard InChI is InChI=1S/C19H24N6O2/c1-26-10-9-25-19(15-7-8-24-18(12-15)20-13-21-24)22-17(23-25)11-14-5-3-4-6-16(14)27-2/h3-6,13,15H,7-12H2,1-2H3. The summed E-state index contributed by atoms with van der Waals surface area (Å²) in [4.78, 5) is 9.27. The number of hydrogen-bond acceptors (Lipinski definition) is 6. The van der Waals surface area contributed by atoms with Crippen molar-refractivity contribution >= 4 is 0 Å². The Bertz CT molecular complexity index is 903. The minimum atomic E-state index is 0.289. The number of methoxy groups -OCH3 is 2. The zero-order valence-electron chi connectivity index (χ0n) is 15.7. The summed E-state index contributed by atoms with van der Waals surface area (Å²) in [6.07, 6.45) is 4.08. The topological polar surface area (TPSA) is 79.9 Å². The molecular weight excluding hydrogens is 344 g/mol. The van der Waals surface area contributed by atoms with Crippen LogP contribution in [-0.4, -0.2) is 50.4 Å². The number of aromatic nitrogens is 6. The summed E-state index contributed by atoms with van der Waals surface area (Å²) < 4.78 is 14.7. The van der Waals surface area contributed by atoms with Crippen LogP contribution in [0.2, 0.25) is 0 Å². The Hall–Kier alpha value is -2.74. The highest BCUT2D eigenvalue weighted by Gasteiger charge is 2.26. The lowest BCUT2D eigenvalue weighted by Gasteiger charge is -2.21. The van der Waals surface area contributed by atoms with Crippen molar-refractivity contribution in [1.29, 1.82) is 0 Å². The molecule has 0 radical (unpaired) electrons. The molecule has 0 aliphatic carbocycles. The van der Waals surface area contributed by atoms with Gasteiger partial charge in [0.25, 0.3) is 0 Å². The lowest BCUT2D eigenvalue weighted by Crippen LogP contribution is -2.22. The number of rotatable bonds is 7. The van der Waals surface area contributed by atoms with Crippen molar-refractivity contribution in [3.8, 4) is 5.75 Å². The van der Waals surface area contributed by atoms with Crippen LogP contribution in [0.5, 0.6) is 5.75 Å². The Morgan fingerprint density at radius 3 is 2.96 bits per heavy atom. The van der Waals surface area contributed by atoms with E-state index < -0.39 is 0 Å². The van der Waals surface area contributed by atoms with Gasteiger partial charge in [-0.05, 0) is 12.5 Å². The molecule has 1 aromatic carbocycles. The first-order valence-electron chi connectivity index (χ1n) is 9.19. The van der Waals surface area contributed by atoms with E-state index in [1.807, 2.05) is 27.6 Å². The SMILES string of the molecule is COCCn1nc(Cc2ccccc2OC)nc1C1CCn2ncnc2C1. The van der Waals surface area contributed by atoms with Gasteiger partial charge >= 0.3 is 0 Å². The zero-order valence-corrected chi connectivity index (χ0v) is 15.7. The molecule has 0 fully saturated rings. The molecule has 0 N–H and O–H groups in total.